The van der Waals surface area contributed by atoms with Crippen LogP contribution in [0.2, 0.25) is 0 Å². The van der Waals surface area contributed by atoms with Gasteiger partial charge >= 0.3 is 23.9 Å². The normalized spacial score (nSPS) is 38.0. The fraction of sp³-hybridized carbons (Fsp3) is 0.692. The van der Waals surface area contributed by atoms with Crippen molar-refractivity contribution < 1.29 is 52.8 Å². The first-order chi connectivity index (χ1) is 23.4. The first-order valence-corrected chi connectivity index (χ1v) is 17.9. The number of allylic oxidation sites excluding steroid dienone is 2. The number of aliphatic hydroxyl groups excluding tert-OH is 2. The highest BCUT2D eigenvalue weighted by molar-refractivity contribution is 5.83. The summed E-state index contributed by atoms with van der Waals surface area (Å²) in [5.41, 5.74) is -2.02. The molecular formula is C39H54O11. The van der Waals surface area contributed by atoms with Crippen LogP contribution < -0.4 is 0 Å². The Morgan fingerprint density at radius 3 is 2.22 bits per heavy atom. The highest BCUT2D eigenvalue weighted by atomic mass is 16.6. The van der Waals surface area contributed by atoms with Crippen molar-refractivity contribution in [1.82, 2.24) is 0 Å². The van der Waals surface area contributed by atoms with Crippen LogP contribution in [-0.2, 0) is 38.1 Å². The molecule has 2 fully saturated rings. The molecule has 0 spiro atoms. The van der Waals surface area contributed by atoms with E-state index < -0.39 is 94.5 Å². The second-order valence-electron chi connectivity index (χ2n) is 16.2. The molecule has 0 amide bonds. The van der Waals surface area contributed by atoms with Crippen LogP contribution in [0.3, 0.4) is 0 Å². The zero-order valence-corrected chi connectivity index (χ0v) is 30.8. The molecule has 276 valence electrons. The zero-order valence-electron chi connectivity index (χ0n) is 30.8. The molecule has 3 unspecified atom stereocenters. The van der Waals surface area contributed by atoms with E-state index in [1.165, 1.54) is 13.0 Å². The predicted octanol–water partition coefficient (Wildman–Crippen LogP) is 5.43. The summed E-state index contributed by atoms with van der Waals surface area (Å²) >= 11 is 0. The number of hydrogen-bond donors (Lipinski definition) is 2. The molecule has 11 heteroatoms. The summed E-state index contributed by atoms with van der Waals surface area (Å²) in [5.74, 6) is -4.40. The summed E-state index contributed by atoms with van der Waals surface area (Å²) in [6, 6.07) is 1.90. The number of cyclic esters (lactones) is 1. The Kier molecular flexibility index (Phi) is 10.3. The van der Waals surface area contributed by atoms with Crippen LogP contribution in [0, 0.1) is 39.9 Å². The fourth-order valence-electron chi connectivity index (χ4n) is 9.87. The van der Waals surface area contributed by atoms with E-state index in [4.69, 9.17) is 23.4 Å². The Morgan fingerprint density at radius 1 is 1.00 bits per heavy atom. The van der Waals surface area contributed by atoms with E-state index >= 15 is 0 Å². The van der Waals surface area contributed by atoms with Gasteiger partial charge in [-0.25, -0.2) is 14.4 Å². The van der Waals surface area contributed by atoms with Crippen molar-refractivity contribution in [1.29, 1.82) is 0 Å². The minimum absolute atomic E-state index is 0.178. The second kappa shape index (κ2) is 13.6. The third-order valence-electron chi connectivity index (χ3n) is 12.9. The van der Waals surface area contributed by atoms with E-state index in [0.717, 1.165) is 11.1 Å². The molecule has 11 nitrogen and oxygen atoms in total. The quantitative estimate of drug-likeness (QED) is 0.182. The average Bonchev–Trinajstić information content (AvgIpc) is 3.70. The van der Waals surface area contributed by atoms with Crippen molar-refractivity contribution in [2.24, 2.45) is 39.9 Å². The minimum Gasteiger partial charge on any atom is -0.472 e. The molecule has 2 heterocycles. The van der Waals surface area contributed by atoms with E-state index in [1.54, 1.807) is 33.3 Å². The van der Waals surface area contributed by atoms with Gasteiger partial charge in [0.15, 0.2) is 6.10 Å². The number of carbonyl (C=O) groups is 4. The van der Waals surface area contributed by atoms with Gasteiger partial charge in [-0.15, -0.1) is 0 Å². The molecule has 2 saturated carbocycles. The lowest BCUT2D eigenvalue weighted by molar-refractivity contribution is -0.225. The number of esters is 4. The van der Waals surface area contributed by atoms with Gasteiger partial charge in [-0.2, -0.15) is 0 Å². The number of furan rings is 1. The number of aliphatic hydroxyl groups is 2. The molecule has 1 aliphatic heterocycles. The molecule has 0 radical (unpaired) electrons. The summed E-state index contributed by atoms with van der Waals surface area (Å²) in [5, 5.41) is 21.6. The molecule has 0 aromatic carbocycles. The van der Waals surface area contributed by atoms with Gasteiger partial charge in [-0.05, 0) is 61.5 Å². The van der Waals surface area contributed by atoms with Crippen LogP contribution in [-0.4, -0.2) is 70.7 Å². The molecule has 4 aliphatic rings. The second-order valence-corrected chi connectivity index (χ2v) is 16.2. The van der Waals surface area contributed by atoms with E-state index in [0.29, 0.717) is 12.8 Å². The maximum atomic E-state index is 14.1. The number of hydrogen-bond acceptors (Lipinski definition) is 11. The van der Waals surface area contributed by atoms with Gasteiger partial charge in [0.05, 0.1) is 19.1 Å². The van der Waals surface area contributed by atoms with Crippen LogP contribution in [0.1, 0.15) is 99.5 Å². The van der Waals surface area contributed by atoms with E-state index in [-0.39, 0.29) is 24.7 Å². The maximum Gasteiger partial charge on any atom is 0.348 e. The molecule has 50 heavy (non-hydrogen) atoms. The molecule has 5 rings (SSSR count). The highest BCUT2D eigenvalue weighted by Crippen LogP contribution is 2.72. The monoisotopic (exact) mass is 698 g/mol. The van der Waals surface area contributed by atoms with Crippen LogP contribution in [0.15, 0.2) is 46.8 Å². The Labute approximate surface area is 294 Å². The van der Waals surface area contributed by atoms with Crippen molar-refractivity contribution in [3.05, 3.63) is 48.0 Å². The molecule has 3 aliphatic carbocycles. The molecule has 12 atom stereocenters. The Hall–Kier alpha value is -3.44. The van der Waals surface area contributed by atoms with Crippen molar-refractivity contribution >= 4 is 23.9 Å². The van der Waals surface area contributed by atoms with Gasteiger partial charge in [0.25, 0.3) is 0 Å². The molecule has 2 N–H and O–H groups in total. The lowest BCUT2D eigenvalue weighted by atomic mass is 9.40. The lowest BCUT2D eigenvalue weighted by Gasteiger charge is -2.66. The van der Waals surface area contributed by atoms with Crippen LogP contribution in [0.4, 0.5) is 0 Å². The Balaban J connectivity index is 1.71. The first kappa shape index (κ1) is 37.8. The predicted molar refractivity (Wildman–Crippen MR) is 181 cm³/mol. The molecule has 1 aromatic rings. The molecule has 1 aromatic heterocycles. The third kappa shape index (κ3) is 6.02. The maximum absolute atomic E-state index is 14.1. The minimum atomic E-state index is -1.36. The molecule has 0 saturated heterocycles. The summed E-state index contributed by atoms with van der Waals surface area (Å²) < 4.78 is 29.9. The molecule has 0 bridgehead atoms. The van der Waals surface area contributed by atoms with Crippen LogP contribution >= 0.6 is 0 Å². The van der Waals surface area contributed by atoms with Crippen molar-refractivity contribution in [2.45, 2.75) is 124 Å². The number of ether oxygens (including phenoxy) is 4. The first-order valence-electron chi connectivity index (χ1n) is 17.9. The summed E-state index contributed by atoms with van der Waals surface area (Å²) in [7, 11) is 0. The van der Waals surface area contributed by atoms with E-state index in [2.05, 4.69) is 19.9 Å². The fourth-order valence-corrected chi connectivity index (χ4v) is 9.87. The standard InChI is InChI=1S/C39H54O11/c1-10-22(4)33(47-23(5)41)35(45)49-29-18-28-36(6)15-13-31(42)50-37(7,20-40)27(36)17-30(48-34(44)32(43)21(2)3)39(28,9)26-12-11-25(38(26,29)8)24-14-16-46-19-24/h12-16,19,21-22,25,27-30,32-33,40,43H,10-11,17-18,20H2,1-9H3/t22?,25-,27+,28+,29-,30+,32?,33?,36-,37+,38-,39-/m0/s1. The van der Waals surface area contributed by atoms with Gasteiger partial charge in [-0.3, -0.25) is 4.79 Å². The van der Waals surface area contributed by atoms with E-state index in [9.17, 15) is 29.4 Å². The third-order valence-corrected chi connectivity index (χ3v) is 12.9. The Bertz CT molecular complexity index is 1530. The van der Waals surface area contributed by atoms with Gasteiger partial charge in [0, 0.05) is 41.6 Å². The molecular weight excluding hydrogens is 644 g/mol. The average molecular weight is 699 g/mol. The largest absolute Gasteiger partial charge is 0.472 e. The summed E-state index contributed by atoms with van der Waals surface area (Å²) in [4.78, 5) is 52.9. The van der Waals surface area contributed by atoms with Crippen molar-refractivity contribution in [3.8, 4) is 0 Å². The summed E-state index contributed by atoms with van der Waals surface area (Å²) in [6.45, 7) is 15.9. The smallest absolute Gasteiger partial charge is 0.348 e. The van der Waals surface area contributed by atoms with Gasteiger partial charge in [-0.1, -0.05) is 66.2 Å². The van der Waals surface area contributed by atoms with Gasteiger partial charge < -0.3 is 33.6 Å². The van der Waals surface area contributed by atoms with Gasteiger partial charge in [0.2, 0.25) is 6.10 Å². The highest BCUT2D eigenvalue weighted by Gasteiger charge is 2.71. The van der Waals surface area contributed by atoms with Crippen molar-refractivity contribution in [3.63, 3.8) is 0 Å². The number of carbonyl (C=O) groups excluding carboxylic acids is 4. The van der Waals surface area contributed by atoms with Crippen LogP contribution in [0.25, 0.3) is 0 Å². The van der Waals surface area contributed by atoms with Crippen molar-refractivity contribution in [2.75, 3.05) is 6.61 Å². The number of rotatable bonds is 10. The zero-order chi connectivity index (χ0) is 37.0. The topological polar surface area (TPSA) is 159 Å². The SMILES string of the molecule is CCC(C)C(OC(C)=O)C(=O)O[C@H]1C[C@@H]2[C@@]3(C)C=CC(=O)O[C@](C)(CO)[C@@H]3C[C@@H](OC(=O)C(O)C(C)C)[C@@]2(C)C2=CC[C@@H](c3ccoc3)[C@@]21C. The summed E-state index contributed by atoms with van der Waals surface area (Å²) in [6.07, 6.45) is 6.35. The van der Waals surface area contributed by atoms with E-state index in [1.807, 2.05) is 32.9 Å². The van der Waals surface area contributed by atoms with Crippen LogP contribution in [0.5, 0.6) is 0 Å². The van der Waals surface area contributed by atoms with Gasteiger partial charge in [0.1, 0.15) is 17.8 Å². The Morgan fingerprint density at radius 2 is 1.64 bits per heavy atom. The number of fused-ring (bicyclic) bond motifs is 5. The lowest BCUT2D eigenvalue weighted by Crippen LogP contribution is -2.67.